The Morgan fingerprint density at radius 2 is 2.12 bits per heavy atom. The van der Waals surface area contributed by atoms with Crippen LogP contribution in [0.5, 0.6) is 0 Å². The lowest BCUT2D eigenvalue weighted by molar-refractivity contribution is 0.00372. The lowest BCUT2D eigenvalue weighted by Gasteiger charge is -2.41. The first-order valence-corrected chi connectivity index (χ1v) is 8.45. The summed E-state index contributed by atoms with van der Waals surface area (Å²) in [5.74, 6) is 0.369. The first-order valence-electron chi connectivity index (χ1n) is 6.04. The molecule has 0 radical (unpaired) electrons. The first kappa shape index (κ1) is 14.0. The lowest BCUT2D eigenvalue weighted by Crippen LogP contribution is -2.32. The largest absolute Gasteiger partial charge is 0.388 e. The van der Waals surface area contributed by atoms with Gasteiger partial charge in [-0.2, -0.15) is 0 Å². The second-order valence-corrected chi connectivity index (χ2v) is 9.31. The normalized spacial score (nSPS) is 25.8. The van der Waals surface area contributed by atoms with Gasteiger partial charge in [0.15, 0.2) is 0 Å². The predicted octanol–water partition coefficient (Wildman–Crippen LogP) is 5.52. The summed E-state index contributed by atoms with van der Waals surface area (Å²) < 4.78 is 2.13. The van der Waals surface area contributed by atoms with E-state index in [0.29, 0.717) is 5.92 Å². The van der Waals surface area contributed by atoms with E-state index in [1.807, 2.05) is 6.07 Å². The Morgan fingerprint density at radius 1 is 1.41 bits per heavy atom. The summed E-state index contributed by atoms with van der Waals surface area (Å²) in [6.45, 7) is 4.57. The Bertz CT molecular complexity index is 400. The Kier molecular flexibility index (Phi) is 4.39. The van der Waals surface area contributed by atoms with Crippen molar-refractivity contribution in [1.82, 2.24) is 0 Å². The van der Waals surface area contributed by atoms with Crippen molar-refractivity contribution in [2.24, 2.45) is 11.3 Å². The molecule has 1 nitrogen and oxygen atoms in total. The van der Waals surface area contributed by atoms with Gasteiger partial charge in [0.2, 0.25) is 0 Å². The molecule has 2 rings (SSSR count). The monoisotopic (exact) mass is 380 g/mol. The van der Waals surface area contributed by atoms with Crippen molar-refractivity contribution in [3.05, 3.63) is 19.2 Å². The fourth-order valence-corrected chi connectivity index (χ4v) is 5.79. The highest BCUT2D eigenvalue weighted by molar-refractivity contribution is 9.12. The molecule has 4 heteroatoms. The van der Waals surface area contributed by atoms with Gasteiger partial charge in [-0.3, -0.25) is 0 Å². The molecular formula is C13H18Br2OS. The summed E-state index contributed by atoms with van der Waals surface area (Å²) in [6.07, 6.45) is 4.55. The number of aliphatic hydroxyl groups is 1. The van der Waals surface area contributed by atoms with Gasteiger partial charge in [0.25, 0.3) is 0 Å². The smallest absolute Gasteiger partial charge is 0.0842 e. The van der Waals surface area contributed by atoms with Gasteiger partial charge in [0.05, 0.1) is 13.7 Å². The zero-order valence-corrected chi connectivity index (χ0v) is 14.2. The second-order valence-electron chi connectivity index (χ2n) is 5.57. The predicted molar refractivity (Wildman–Crippen MR) is 80.4 cm³/mol. The molecule has 1 aromatic heterocycles. The first-order chi connectivity index (χ1) is 7.92. The summed E-state index contributed by atoms with van der Waals surface area (Å²) in [7, 11) is 0. The third-order valence-electron chi connectivity index (χ3n) is 3.97. The summed E-state index contributed by atoms with van der Waals surface area (Å²) in [5, 5.41) is 10.6. The molecule has 0 aromatic carbocycles. The van der Waals surface area contributed by atoms with Crippen LogP contribution in [-0.4, -0.2) is 5.11 Å². The van der Waals surface area contributed by atoms with E-state index in [1.54, 1.807) is 11.3 Å². The molecule has 2 unspecified atom stereocenters. The van der Waals surface area contributed by atoms with E-state index in [2.05, 4.69) is 45.7 Å². The fourth-order valence-electron chi connectivity index (χ4n) is 2.88. The van der Waals surface area contributed by atoms with Crippen LogP contribution in [0.1, 0.15) is 51.2 Å². The number of aliphatic hydroxyl groups excluding tert-OH is 1. The molecule has 1 saturated carbocycles. The van der Waals surface area contributed by atoms with E-state index < -0.39 is 0 Å². The third kappa shape index (κ3) is 2.96. The number of hydrogen-bond acceptors (Lipinski definition) is 2. The molecule has 1 aromatic rings. The van der Waals surface area contributed by atoms with Crippen molar-refractivity contribution in [2.45, 2.75) is 45.6 Å². The molecule has 17 heavy (non-hydrogen) atoms. The third-order valence-corrected chi connectivity index (χ3v) is 6.36. The summed E-state index contributed by atoms with van der Waals surface area (Å²) in [4.78, 5) is 0. The highest BCUT2D eigenvalue weighted by Gasteiger charge is 2.38. The zero-order valence-electron chi connectivity index (χ0n) is 10.2. The Morgan fingerprint density at radius 3 is 2.65 bits per heavy atom. The highest BCUT2D eigenvalue weighted by Crippen LogP contribution is 2.49. The SMILES string of the molecule is CC1(C)CCCCC1C(O)c1cc(Br)sc1Br. The van der Waals surface area contributed by atoms with Crippen LogP contribution in [0.3, 0.4) is 0 Å². The van der Waals surface area contributed by atoms with E-state index in [9.17, 15) is 5.11 Å². The molecule has 1 aliphatic rings. The molecule has 0 aliphatic heterocycles. The van der Waals surface area contributed by atoms with Crippen molar-refractivity contribution in [3.63, 3.8) is 0 Å². The topological polar surface area (TPSA) is 20.2 Å². The molecule has 1 aliphatic carbocycles. The van der Waals surface area contributed by atoms with Crippen LogP contribution in [0, 0.1) is 11.3 Å². The van der Waals surface area contributed by atoms with E-state index in [-0.39, 0.29) is 11.5 Å². The maximum Gasteiger partial charge on any atom is 0.0842 e. The molecule has 1 heterocycles. The molecule has 0 spiro atoms. The second kappa shape index (κ2) is 5.32. The van der Waals surface area contributed by atoms with E-state index >= 15 is 0 Å². The van der Waals surface area contributed by atoms with Crippen LogP contribution in [0.25, 0.3) is 0 Å². The zero-order chi connectivity index (χ0) is 12.6. The Balaban J connectivity index is 2.24. The van der Waals surface area contributed by atoms with Crippen molar-refractivity contribution >= 4 is 43.2 Å². The van der Waals surface area contributed by atoms with Crippen LogP contribution < -0.4 is 0 Å². The Labute approximate surface area is 124 Å². The van der Waals surface area contributed by atoms with Crippen molar-refractivity contribution < 1.29 is 5.11 Å². The molecule has 0 saturated heterocycles. The lowest BCUT2D eigenvalue weighted by atomic mass is 9.66. The van der Waals surface area contributed by atoms with Gasteiger partial charge in [0, 0.05) is 5.56 Å². The van der Waals surface area contributed by atoms with Crippen LogP contribution in [0.15, 0.2) is 13.6 Å². The van der Waals surface area contributed by atoms with Gasteiger partial charge in [0.1, 0.15) is 0 Å². The van der Waals surface area contributed by atoms with Gasteiger partial charge in [-0.15, -0.1) is 11.3 Å². The number of thiophene rings is 1. The molecule has 2 atom stereocenters. The van der Waals surface area contributed by atoms with Crippen molar-refractivity contribution in [2.75, 3.05) is 0 Å². The quantitative estimate of drug-likeness (QED) is 0.714. The van der Waals surface area contributed by atoms with Gasteiger partial charge in [-0.25, -0.2) is 0 Å². The highest BCUT2D eigenvalue weighted by atomic mass is 79.9. The number of halogens is 2. The van der Waals surface area contributed by atoms with Gasteiger partial charge in [-0.05, 0) is 62.1 Å². The maximum atomic E-state index is 10.6. The minimum absolute atomic E-state index is 0.242. The summed E-state index contributed by atoms with van der Waals surface area (Å²) in [6, 6.07) is 2.05. The number of hydrogen-bond donors (Lipinski definition) is 1. The van der Waals surface area contributed by atoms with E-state index in [1.165, 1.54) is 19.3 Å². The van der Waals surface area contributed by atoms with Crippen LogP contribution >= 0.6 is 43.2 Å². The van der Waals surface area contributed by atoms with Gasteiger partial charge < -0.3 is 5.11 Å². The minimum atomic E-state index is -0.345. The molecule has 0 amide bonds. The Hall–Kier alpha value is 0.620. The van der Waals surface area contributed by atoms with Crippen LogP contribution in [-0.2, 0) is 0 Å². The molecule has 1 fully saturated rings. The van der Waals surface area contributed by atoms with Crippen molar-refractivity contribution in [1.29, 1.82) is 0 Å². The maximum absolute atomic E-state index is 10.6. The van der Waals surface area contributed by atoms with Crippen LogP contribution in [0.2, 0.25) is 0 Å². The molecule has 0 bridgehead atoms. The standard InChI is InChI=1S/C13H18Br2OS/c1-13(2)6-4-3-5-9(13)11(16)8-7-10(14)17-12(8)15/h7,9,11,16H,3-6H2,1-2H3. The van der Waals surface area contributed by atoms with Crippen molar-refractivity contribution in [3.8, 4) is 0 Å². The summed E-state index contributed by atoms with van der Waals surface area (Å²) >= 11 is 8.67. The average Bonchev–Trinajstić information content (AvgIpc) is 2.56. The van der Waals surface area contributed by atoms with Crippen LogP contribution in [0.4, 0.5) is 0 Å². The fraction of sp³-hybridized carbons (Fsp3) is 0.692. The van der Waals surface area contributed by atoms with Gasteiger partial charge in [-0.1, -0.05) is 26.7 Å². The molecular weight excluding hydrogens is 364 g/mol. The molecule has 1 N–H and O–H groups in total. The average molecular weight is 382 g/mol. The summed E-state index contributed by atoms with van der Waals surface area (Å²) in [5.41, 5.74) is 1.28. The van der Waals surface area contributed by atoms with Gasteiger partial charge >= 0.3 is 0 Å². The number of rotatable bonds is 2. The minimum Gasteiger partial charge on any atom is -0.388 e. The van der Waals surface area contributed by atoms with E-state index in [0.717, 1.165) is 19.6 Å². The van der Waals surface area contributed by atoms with E-state index in [4.69, 9.17) is 0 Å². The molecule has 96 valence electrons.